The lowest BCUT2D eigenvalue weighted by molar-refractivity contribution is 0.481. The highest BCUT2D eigenvalue weighted by Gasteiger charge is 2.23. The van der Waals surface area contributed by atoms with Gasteiger partial charge in [-0.15, -0.1) is 17.7 Å². The third-order valence-electron chi connectivity index (χ3n) is 5.58. The molecule has 4 aromatic carbocycles. The molecule has 220 valence electrons. The Morgan fingerprint density at radius 3 is 2.05 bits per heavy atom. The summed E-state index contributed by atoms with van der Waals surface area (Å²) in [6.45, 7) is 5.21. The number of anilines is 3. The van der Waals surface area contributed by atoms with Gasteiger partial charge in [-0.1, -0.05) is 30.3 Å². The molecule has 0 saturated carbocycles. The van der Waals surface area contributed by atoms with E-state index in [1.54, 1.807) is 12.1 Å². The van der Waals surface area contributed by atoms with Gasteiger partial charge in [-0.2, -0.15) is 13.5 Å². The Labute approximate surface area is 241 Å². The molecule has 4 rings (SSSR count). The number of fused-ring (bicyclic) bond motifs is 1. The lowest BCUT2D eigenvalue weighted by atomic mass is 10.1. The van der Waals surface area contributed by atoms with Crippen LogP contribution in [0.4, 0.5) is 28.4 Å². The van der Waals surface area contributed by atoms with Gasteiger partial charge in [0.05, 0.1) is 33.0 Å². The number of aryl methyl sites for hydroxylation is 1. The summed E-state index contributed by atoms with van der Waals surface area (Å²) in [6, 6.07) is 16.8. The number of azo groups is 1. The van der Waals surface area contributed by atoms with Gasteiger partial charge in [-0.3, -0.25) is 9.98 Å². The maximum absolute atomic E-state index is 12.1. The summed E-state index contributed by atoms with van der Waals surface area (Å²) in [5.41, 5.74) is 13.2. The van der Waals surface area contributed by atoms with Gasteiger partial charge in [0.1, 0.15) is 10.6 Å². The van der Waals surface area contributed by atoms with Crippen molar-refractivity contribution >= 4 is 69.8 Å². The fraction of sp³-hybridized carbons (Fsp3) is 0.0400. The number of sulfone groups is 1. The summed E-state index contributed by atoms with van der Waals surface area (Å²) in [5.74, 6) is -0.347. The van der Waals surface area contributed by atoms with Crippen molar-refractivity contribution in [2.24, 2.45) is 10.2 Å². The van der Waals surface area contributed by atoms with Crippen LogP contribution < -0.4 is 16.6 Å². The van der Waals surface area contributed by atoms with Crippen LogP contribution in [0.15, 0.2) is 98.7 Å². The molecule has 4 aromatic rings. The van der Waals surface area contributed by atoms with E-state index >= 15 is 0 Å². The molecule has 14 nitrogen and oxygen atoms in total. The zero-order valence-corrected chi connectivity index (χ0v) is 24.0. The lowest BCUT2D eigenvalue weighted by Gasteiger charge is -2.18. The van der Waals surface area contributed by atoms with Crippen LogP contribution in [0.1, 0.15) is 5.56 Å². The number of nitrogens with one attached hydrogen (secondary N) is 2. The minimum Gasteiger partial charge on any atom is -0.505 e. The molecule has 17 heteroatoms. The van der Waals surface area contributed by atoms with E-state index in [9.17, 15) is 26.5 Å². The van der Waals surface area contributed by atoms with E-state index in [1.165, 1.54) is 36.4 Å². The number of hydrogen-bond donors (Lipinski definition) is 5. The molecule has 0 aromatic heterocycles. The fourth-order valence-electron chi connectivity index (χ4n) is 3.57. The van der Waals surface area contributed by atoms with Crippen molar-refractivity contribution in [3.63, 3.8) is 0 Å². The number of hydrogen-bond acceptors (Lipinski definition) is 13. The SMILES string of the molecule is C=CS(=O)(=O)c1ccc(NNc2c(S(=O)(=O)O)cc3ccc(N=Nc4ccc(C)cc4)c(O)c3c2N)cc1.O=S(=O)=O. The van der Waals surface area contributed by atoms with Crippen LogP contribution in [0.25, 0.3) is 10.8 Å². The van der Waals surface area contributed by atoms with Crippen molar-refractivity contribution in [1.82, 2.24) is 0 Å². The molecule has 0 spiro atoms. The Hall–Kier alpha value is -4.84. The maximum atomic E-state index is 12.1. The highest BCUT2D eigenvalue weighted by Crippen LogP contribution is 2.44. The molecule has 0 atom stereocenters. The molecule has 0 fully saturated rings. The molecule has 0 radical (unpaired) electrons. The van der Waals surface area contributed by atoms with E-state index in [1.807, 2.05) is 19.1 Å². The van der Waals surface area contributed by atoms with Crippen LogP contribution >= 0.6 is 0 Å². The first-order valence-corrected chi connectivity index (χ1v) is 15.4. The average Bonchev–Trinajstić information content (AvgIpc) is 2.92. The van der Waals surface area contributed by atoms with E-state index in [0.29, 0.717) is 11.4 Å². The fourth-order valence-corrected chi connectivity index (χ4v) is 4.97. The Kier molecular flexibility index (Phi) is 9.64. The molecule has 6 N–H and O–H groups in total. The van der Waals surface area contributed by atoms with Crippen LogP contribution in [-0.2, 0) is 30.6 Å². The average molecular weight is 634 g/mol. The minimum atomic E-state index is -4.75. The van der Waals surface area contributed by atoms with Crippen LogP contribution in [0, 0.1) is 6.92 Å². The number of hydrazine groups is 1. The molecule has 0 saturated heterocycles. The number of nitrogens with zero attached hydrogens (tertiary/aromatic N) is 2. The van der Waals surface area contributed by atoms with Gasteiger partial charge in [-0.05, 0) is 60.8 Å². The summed E-state index contributed by atoms with van der Waals surface area (Å²) < 4.78 is 83.3. The van der Waals surface area contributed by atoms with E-state index in [0.717, 1.165) is 17.0 Å². The molecule has 0 bridgehead atoms. The number of rotatable bonds is 8. The molecular weight excluding hydrogens is 611 g/mol. The summed E-state index contributed by atoms with van der Waals surface area (Å²) in [7, 11) is -11.5. The Morgan fingerprint density at radius 1 is 0.905 bits per heavy atom. The zero-order chi connectivity index (χ0) is 31.2. The first-order chi connectivity index (χ1) is 19.6. The van der Waals surface area contributed by atoms with Crippen LogP contribution in [0.5, 0.6) is 5.75 Å². The number of nitrogens with two attached hydrogens (primary N) is 1. The van der Waals surface area contributed by atoms with Gasteiger partial charge >= 0.3 is 10.6 Å². The van der Waals surface area contributed by atoms with Gasteiger partial charge < -0.3 is 16.3 Å². The molecule has 0 aliphatic carbocycles. The summed E-state index contributed by atoms with van der Waals surface area (Å²) >= 11 is 0. The second-order valence-electron chi connectivity index (χ2n) is 8.40. The predicted octanol–water partition coefficient (Wildman–Crippen LogP) is 4.45. The second kappa shape index (κ2) is 12.8. The smallest absolute Gasteiger partial charge is 0.425 e. The Balaban J connectivity index is 0.00000114. The number of phenolic OH excluding ortho intramolecular Hbond substituents is 1. The van der Waals surface area contributed by atoms with E-state index in [4.69, 9.17) is 18.4 Å². The summed E-state index contributed by atoms with van der Waals surface area (Å²) in [5, 5.41) is 20.3. The van der Waals surface area contributed by atoms with Gasteiger partial charge in [0.25, 0.3) is 10.1 Å². The molecule has 0 heterocycles. The quantitative estimate of drug-likeness (QED) is 0.0783. The highest BCUT2D eigenvalue weighted by atomic mass is 32.2. The largest absolute Gasteiger partial charge is 0.505 e. The third-order valence-corrected chi connectivity index (χ3v) is 7.83. The van der Waals surface area contributed by atoms with Crippen LogP contribution in [0.3, 0.4) is 0 Å². The number of aromatic hydroxyl groups is 1. The van der Waals surface area contributed by atoms with Crippen molar-refractivity contribution < 1.29 is 39.1 Å². The minimum absolute atomic E-state index is 0.0131. The first-order valence-electron chi connectivity index (χ1n) is 11.4. The van der Waals surface area contributed by atoms with Crippen molar-refractivity contribution in [3.8, 4) is 5.75 Å². The lowest BCUT2D eigenvalue weighted by Crippen LogP contribution is -2.15. The monoisotopic (exact) mass is 633 g/mol. The molecule has 0 aliphatic rings. The topological polar surface area (TPSA) is 235 Å². The maximum Gasteiger partial charge on any atom is 0.425 e. The van der Waals surface area contributed by atoms with Crippen molar-refractivity contribution in [3.05, 3.63) is 84.3 Å². The summed E-state index contributed by atoms with van der Waals surface area (Å²) in [6.07, 6.45) is 0. The van der Waals surface area contributed by atoms with E-state index in [2.05, 4.69) is 27.7 Å². The molecule has 0 unspecified atom stereocenters. The highest BCUT2D eigenvalue weighted by molar-refractivity contribution is 7.94. The molecular formula is C25H23N5O9S3. The predicted molar refractivity (Wildman–Crippen MR) is 156 cm³/mol. The Morgan fingerprint density at radius 2 is 1.50 bits per heavy atom. The van der Waals surface area contributed by atoms with Gasteiger partial charge in [0, 0.05) is 5.41 Å². The van der Waals surface area contributed by atoms with Gasteiger partial charge in [0.15, 0.2) is 15.6 Å². The first kappa shape index (κ1) is 31.7. The zero-order valence-electron chi connectivity index (χ0n) is 21.6. The molecule has 0 aliphatic heterocycles. The summed E-state index contributed by atoms with van der Waals surface area (Å²) in [4.78, 5) is -0.534. The molecule has 42 heavy (non-hydrogen) atoms. The normalized spacial score (nSPS) is 11.5. The van der Waals surface area contributed by atoms with Crippen LogP contribution in [0.2, 0.25) is 0 Å². The van der Waals surface area contributed by atoms with E-state index in [-0.39, 0.29) is 38.5 Å². The number of phenols is 1. The van der Waals surface area contributed by atoms with Crippen LogP contribution in [-0.4, -0.2) is 39.1 Å². The standard InChI is InChI=1S/C25H23N5O6S2.O3S/c1-3-37(32,33)19-11-9-18(10-12-19)28-30-24-21(38(34,35)36)14-16-6-13-20(25(31)22(16)23(24)26)29-27-17-7-4-15(2)5-8-17;1-4(2)3/h3-14,28,30-31H,1,26H2,2H3,(H,34,35,36);. The van der Waals surface area contributed by atoms with Gasteiger partial charge in [-0.25, -0.2) is 8.42 Å². The third kappa shape index (κ3) is 7.67. The van der Waals surface area contributed by atoms with E-state index < -0.39 is 35.5 Å². The van der Waals surface area contributed by atoms with Crippen molar-refractivity contribution in [1.29, 1.82) is 0 Å². The number of benzene rings is 4. The number of nitrogen functional groups attached to an aromatic ring is 1. The Bertz CT molecular complexity index is 2010. The van der Waals surface area contributed by atoms with Crippen molar-refractivity contribution in [2.75, 3.05) is 16.6 Å². The van der Waals surface area contributed by atoms with Gasteiger partial charge in [0.2, 0.25) is 0 Å². The second-order valence-corrected chi connectivity index (χ2v) is 12.1. The molecule has 0 amide bonds. The van der Waals surface area contributed by atoms with Crippen molar-refractivity contribution in [2.45, 2.75) is 16.7 Å².